The molecule has 0 bridgehead atoms. The van der Waals surface area contributed by atoms with Gasteiger partial charge in [0.25, 0.3) is 0 Å². The first-order valence-electron chi connectivity index (χ1n) is 6.12. The molecule has 5 nitrogen and oxygen atoms in total. The Balaban J connectivity index is 2.27. The second-order valence-corrected chi connectivity index (χ2v) is 4.20. The van der Waals surface area contributed by atoms with E-state index in [1.807, 2.05) is 24.7 Å². The van der Waals surface area contributed by atoms with Crippen molar-refractivity contribution in [3.05, 3.63) is 18.2 Å². The minimum atomic E-state index is -0.191. The van der Waals surface area contributed by atoms with Crippen LogP contribution in [-0.4, -0.2) is 28.0 Å². The SMILES string of the molecule is CCCCNC(=O)C(C)NCc1nccn1C. The molecule has 0 radical (unpaired) electrons. The molecule has 96 valence electrons. The molecule has 0 saturated heterocycles. The zero-order chi connectivity index (χ0) is 12.7. The lowest BCUT2D eigenvalue weighted by Crippen LogP contribution is -2.42. The van der Waals surface area contributed by atoms with Crippen LogP contribution < -0.4 is 10.6 Å². The van der Waals surface area contributed by atoms with Crippen LogP contribution in [0.5, 0.6) is 0 Å². The Labute approximate surface area is 103 Å². The predicted octanol–water partition coefficient (Wildman–Crippen LogP) is 0.814. The minimum absolute atomic E-state index is 0.0488. The van der Waals surface area contributed by atoms with Gasteiger partial charge in [-0.15, -0.1) is 0 Å². The van der Waals surface area contributed by atoms with Crippen molar-refractivity contribution in [2.45, 2.75) is 39.3 Å². The van der Waals surface area contributed by atoms with Gasteiger partial charge in [-0.05, 0) is 13.3 Å². The zero-order valence-corrected chi connectivity index (χ0v) is 10.9. The number of carbonyl (C=O) groups excluding carboxylic acids is 1. The third-order valence-corrected chi connectivity index (χ3v) is 2.71. The minimum Gasteiger partial charge on any atom is -0.355 e. The number of rotatable bonds is 7. The van der Waals surface area contributed by atoms with Gasteiger partial charge in [-0.25, -0.2) is 4.98 Å². The summed E-state index contributed by atoms with van der Waals surface area (Å²) in [4.78, 5) is 15.9. The maximum atomic E-state index is 11.7. The highest BCUT2D eigenvalue weighted by Gasteiger charge is 2.11. The average Bonchev–Trinajstić information content (AvgIpc) is 2.72. The number of unbranched alkanes of at least 4 members (excludes halogenated alkanes) is 1. The van der Waals surface area contributed by atoms with Gasteiger partial charge in [0.05, 0.1) is 12.6 Å². The second kappa shape index (κ2) is 7.06. The molecule has 1 rings (SSSR count). The van der Waals surface area contributed by atoms with Gasteiger partial charge < -0.3 is 9.88 Å². The standard InChI is InChI=1S/C12H22N4O/c1-4-5-6-14-12(17)10(2)15-9-11-13-7-8-16(11)3/h7-8,10,15H,4-6,9H2,1-3H3,(H,14,17). The van der Waals surface area contributed by atoms with Crippen LogP contribution in [0.1, 0.15) is 32.5 Å². The molecule has 1 atom stereocenters. The van der Waals surface area contributed by atoms with E-state index in [0.717, 1.165) is 25.2 Å². The molecule has 0 saturated carbocycles. The maximum absolute atomic E-state index is 11.7. The normalized spacial score (nSPS) is 12.4. The number of nitrogens with zero attached hydrogens (tertiary/aromatic N) is 2. The summed E-state index contributed by atoms with van der Waals surface area (Å²) in [7, 11) is 1.94. The number of hydrogen-bond acceptors (Lipinski definition) is 3. The Kier molecular flexibility index (Phi) is 5.69. The highest BCUT2D eigenvalue weighted by atomic mass is 16.2. The molecule has 5 heteroatoms. The van der Waals surface area contributed by atoms with Crippen molar-refractivity contribution in [1.82, 2.24) is 20.2 Å². The van der Waals surface area contributed by atoms with E-state index in [1.165, 1.54) is 0 Å². The van der Waals surface area contributed by atoms with Crippen LogP contribution in [0.15, 0.2) is 12.4 Å². The first-order valence-corrected chi connectivity index (χ1v) is 6.12. The molecular formula is C12H22N4O. The summed E-state index contributed by atoms with van der Waals surface area (Å²) in [6, 6.07) is -0.191. The van der Waals surface area contributed by atoms with E-state index in [4.69, 9.17) is 0 Å². The van der Waals surface area contributed by atoms with Crippen molar-refractivity contribution < 1.29 is 4.79 Å². The first-order chi connectivity index (χ1) is 8.15. The van der Waals surface area contributed by atoms with E-state index in [-0.39, 0.29) is 11.9 Å². The molecule has 1 aromatic rings. The van der Waals surface area contributed by atoms with Gasteiger partial charge in [-0.1, -0.05) is 13.3 Å². The van der Waals surface area contributed by atoms with Crippen molar-refractivity contribution >= 4 is 5.91 Å². The third kappa shape index (κ3) is 4.56. The lowest BCUT2D eigenvalue weighted by Gasteiger charge is -2.13. The van der Waals surface area contributed by atoms with E-state index >= 15 is 0 Å². The van der Waals surface area contributed by atoms with Gasteiger partial charge in [0, 0.05) is 26.0 Å². The Morgan fingerprint density at radius 1 is 1.59 bits per heavy atom. The van der Waals surface area contributed by atoms with E-state index in [0.29, 0.717) is 6.54 Å². The fourth-order valence-electron chi connectivity index (χ4n) is 1.45. The average molecular weight is 238 g/mol. The molecule has 1 amide bonds. The van der Waals surface area contributed by atoms with Gasteiger partial charge in [-0.2, -0.15) is 0 Å². The molecule has 2 N–H and O–H groups in total. The van der Waals surface area contributed by atoms with E-state index in [9.17, 15) is 4.79 Å². The van der Waals surface area contributed by atoms with Crippen LogP contribution in [0, 0.1) is 0 Å². The fraction of sp³-hybridized carbons (Fsp3) is 0.667. The van der Waals surface area contributed by atoms with Gasteiger partial charge in [0.2, 0.25) is 5.91 Å². The molecule has 1 unspecified atom stereocenters. The molecule has 0 aliphatic heterocycles. The number of carbonyl (C=O) groups is 1. The van der Waals surface area contributed by atoms with Gasteiger partial charge in [0.1, 0.15) is 5.82 Å². The molecule has 0 fully saturated rings. The third-order valence-electron chi connectivity index (χ3n) is 2.71. The predicted molar refractivity (Wildman–Crippen MR) is 67.4 cm³/mol. The summed E-state index contributed by atoms with van der Waals surface area (Å²) >= 11 is 0. The quantitative estimate of drug-likeness (QED) is 0.691. The second-order valence-electron chi connectivity index (χ2n) is 4.20. The highest BCUT2D eigenvalue weighted by Crippen LogP contribution is 1.94. The van der Waals surface area contributed by atoms with Crippen molar-refractivity contribution in [1.29, 1.82) is 0 Å². The van der Waals surface area contributed by atoms with Gasteiger partial charge >= 0.3 is 0 Å². The number of imidazole rings is 1. The summed E-state index contributed by atoms with van der Waals surface area (Å²) in [6.07, 6.45) is 5.76. The zero-order valence-electron chi connectivity index (χ0n) is 10.9. The summed E-state index contributed by atoms with van der Waals surface area (Å²) in [5.41, 5.74) is 0. The first kappa shape index (κ1) is 13.7. The summed E-state index contributed by atoms with van der Waals surface area (Å²) in [5, 5.41) is 6.06. The number of hydrogen-bond donors (Lipinski definition) is 2. The number of nitrogens with one attached hydrogen (secondary N) is 2. The molecule has 1 heterocycles. The van der Waals surface area contributed by atoms with Crippen LogP contribution in [0.2, 0.25) is 0 Å². The van der Waals surface area contributed by atoms with Crippen LogP contribution >= 0.6 is 0 Å². The van der Waals surface area contributed by atoms with Crippen LogP contribution in [0.4, 0.5) is 0 Å². The largest absolute Gasteiger partial charge is 0.355 e. The fourth-order valence-corrected chi connectivity index (χ4v) is 1.45. The Hall–Kier alpha value is -1.36. The monoisotopic (exact) mass is 238 g/mol. The van der Waals surface area contributed by atoms with E-state index in [2.05, 4.69) is 22.5 Å². The lowest BCUT2D eigenvalue weighted by atomic mass is 10.3. The summed E-state index contributed by atoms with van der Waals surface area (Å²) < 4.78 is 1.94. The molecule has 0 aliphatic carbocycles. The molecule has 17 heavy (non-hydrogen) atoms. The maximum Gasteiger partial charge on any atom is 0.236 e. The number of aryl methyl sites for hydroxylation is 1. The molecule has 0 aromatic carbocycles. The van der Waals surface area contributed by atoms with E-state index < -0.39 is 0 Å². The number of amides is 1. The smallest absolute Gasteiger partial charge is 0.236 e. The van der Waals surface area contributed by atoms with Crippen LogP contribution in [0.25, 0.3) is 0 Å². The highest BCUT2D eigenvalue weighted by molar-refractivity contribution is 5.81. The Morgan fingerprint density at radius 2 is 2.35 bits per heavy atom. The number of aromatic nitrogens is 2. The van der Waals surface area contributed by atoms with E-state index in [1.54, 1.807) is 6.20 Å². The molecule has 0 aliphatic rings. The molecule has 1 aromatic heterocycles. The van der Waals surface area contributed by atoms with Gasteiger partial charge in [-0.3, -0.25) is 10.1 Å². The van der Waals surface area contributed by atoms with Crippen molar-refractivity contribution in [2.24, 2.45) is 7.05 Å². The van der Waals surface area contributed by atoms with Crippen LogP contribution in [0.3, 0.4) is 0 Å². The lowest BCUT2D eigenvalue weighted by molar-refractivity contribution is -0.122. The topological polar surface area (TPSA) is 59.0 Å². The van der Waals surface area contributed by atoms with Gasteiger partial charge in [0.15, 0.2) is 0 Å². The summed E-state index contributed by atoms with van der Waals surface area (Å²) in [5.74, 6) is 0.978. The van der Waals surface area contributed by atoms with Crippen molar-refractivity contribution in [3.63, 3.8) is 0 Å². The molecule has 0 spiro atoms. The Morgan fingerprint density at radius 3 is 2.94 bits per heavy atom. The van der Waals surface area contributed by atoms with Crippen LogP contribution in [-0.2, 0) is 18.4 Å². The molecular weight excluding hydrogens is 216 g/mol. The Bertz CT molecular complexity index is 348. The van der Waals surface area contributed by atoms with Crippen molar-refractivity contribution in [3.8, 4) is 0 Å². The summed E-state index contributed by atoms with van der Waals surface area (Å²) in [6.45, 7) is 5.33. The van der Waals surface area contributed by atoms with Crippen molar-refractivity contribution in [2.75, 3.05) is 6.54 Å².